The summed E-state index contributed by atoms with van der Waals surface area (Å²) in [5.41, 5.74) is 1.31. The molecule has 0 aromatic carbocycles. The molecule has 0 saturated carbocycles. The van der Waals surface area contributed by atoms with E-state index in [1.54, 1.807) is 18.4 Å². The van der Waals surface area contributed by atoms with E-state index in [1.807, 2.05) is 4.90 Å². The molecule has 4 heterocycles. The molecule has 28 heavy (non-hydrogen) atoms. The van der Waals surface area contributed by atoms with Crippen molar-refractivity contribution in [1.29, 1.82) is 0 Å². The summed E-state index contributed by atoms with van der Waals surface area (Å²) in [5, 5.41) is 5.49. The van der Waals surface area contributed by atoms with Crippen LogP contribution in [0, 0.1) is 0 Å². The normalized spacial score (nSPS) is 25.7. The van der Waals surface area contributed by atoms with Crippen LogP contribution in [0.3, 0.4) is 0 Å². The summed E-state index contributed by atoms with van der Waals surface area (Å²) in [6.07, 6.45) is 3.95. The minimum Gasteiger partial charge on any atom is -0.375 e. The number of aliphatic imine (C=N–C) groups is 1. The number of carbonyl (C=O) groups excluding carboxylic acids is 1. The molecule has 0 radical (unpaired) electrons. The SMILES string of the molecule is CN=C(NCCC(=O)N1CCc2sccc2C1)N1CCOC(C2CCCO2)C1. The van der Waals surface area contributed by atoms with Gasteiger partial charge in [-0.25, -0.2) is 0 Å². The molecule has 2 fully saturated rings. The molecular weight excluding hydrogens is 376 g/mol. The summed E-state index contributed by atoms with van der Waals surface area (Å²) in [6, 6.07) is 2.14. The largest absolute Gasteiger partial charge is 0.375 e. The Hall–Kier alpha value is -1.64. The lowest BCUT2D eigenvalue weighted by Crippen LogP contribution is -2.53. The zero-order chi connectivity index (χ0) is 19.3. The molecule has 2 atom stereocenters. The molecule has 4 rings (SSSR count). The van der Waals surface area contributed by atoms with Gasteiger partial charge in [0.05, 0.1) is 12.7 Å². The van der Waals surface area contributed by atoms with Gasteiger partial charge >= 0.3 is 0 Å². The first kappa shape index (κ1) is 19.7. The average Bonchev–Trinajstić information content (AvgIpc) is 3.42. The van der Waals surface area contributed by atoms with Gasteiger partial charge in [-0.1, -0.05) is 0 Å². The number of morpholine rings is 1. The van der Waals surface area contributed by atoms with Crippen molar-refractivity contribution in [3.63, 3.8) is 0 Å². The van der Waals surface area contributed by atoms with Crippen LogP contribution in [0.15, 0.2) is 16.4 Å². The second-order valence-corrected chi connectivity index (χ2v) is 8.57. The summed E-state index contributed by atoms with van der Waals surface area (Å²) in [6.45, 7) is 5.28. The highest BCUT2D eigenvalue weighted by atomic mass is 32.1. The molecule has 1 N–H and O–H groups in total. The van der Waals surface area contributed by atoms with E-state index in [0.29, 0.717) is 19.6 Å². The van der Waals surface area contributed by atoms with Crippen molar-refractivity contribution in [2.75, 3.05) is 46.4 Å². The van der Waals surface area contributed by atoms with Crippen LogP contribution in [0.2, 0.25) is 0 Å². The molecule has 8 heteroatoms. The number of hydrogen-bond acceptors (Lipinski definition) is 5. The number of thiophene rings is 1. The molecule has 1 aromatic rings. The lowest BCUT2D eigenvalue weighted by atomic mass is 10.1. The number of hydrogen-bond donors (Lipinski definition) is 1. The minimum atomic E-state index is 0.101. The van der Waals surface area contributed by atoms with E-state index in [9.17, 15) is 4.79 Å². The first-order valence-electron chi connectivity index (χ1n) is 10.3. The molecule has 1 aromatic heterocycles. The number of nitrogens with one attached hydrogen (secondary N) is 1. The van der Waals surface area contributed by atoms with Crippen LogP contribution in [0.4, 0.5) is 0 Å². The zero-order valence-electron chi connectivity index (χ0n) is 16.6. The van der Waals surface area contributed by atoms with E-state index in [2.05, 4.69) is 26.7 Å². The van der Waals surface area contributed by atoms with Crippen LogP contribution >= 0.6 is 11.3 Å². The monoisotopic (exact) mass is 406 g/mol. The molecule has 1 amide bonds. The van der Waals surface area contributed by atoms with Crippen molar-refractivity contribution in [2.24, 2.45) is 4.99 Å². The maximum absolute atomic E-state index is 12.6. The van der Waals surface area contributed by atoms with E-state index in [4.69, 9.17) is 9.47 Å². The molecule has 154 valence electrons. The summed E-state index contributed by atoms with van der Waals surface area (Å²) in [5.74, 6) is 1.05. The van der Waals surface area contributed by atoms with Gasteiger partial charge in [0.1, 0.15) is 6.10 Å². The van der Waals surface area contributed by atoms with Crippen molar-refractivity contribution in [2.45, 2.75) is 44.4 Å². The van der Waals surface area contributed by atoms with Crippen molar-refractivity contribution in [1.82, 2.24) is 15.1 Å². The Kier molecular flexibility index (Phi) is 6.49. The first-order valence-corrected chi connectivity index (χ1v) is 11.1. The average molecular weight is 407 g/mol. The molecule has 3 aliphatic heterocycles. The van der Waals surface area contributed by atoms with Crippen LogP contribution in [0.5, 0.6) is 0 Å². The van der Waals surface area contributed by atoms with E-state index in [0.717, 1.165) is 58.0 Å². The fraction of sp³-hybridized carbons (Fsp3) is 0.700. The number of amides is 1. The van der Waals surface area contributed by atoms with Gasteiger partial charge in [0.15, 0.2) is 5.96 Å². The number of rotatable bonds is 4. The molecular formula is C20H30N4O3S. The third-order valence-corrected chi connectivity index (χ3v) is 6.79. The lowest BCUT2D eigenvalue weighted by Gasteiger charge is -2.37. The topological polar surface area (TPSA) is 66.4 Å². The number of carbonyl (C=O) groups is 1. The van der Waals surface area contributed by atoms with E-state index >= 15 is 0 Å². The van der Waals surface area contributed by atoms with Crippen LogP contribution in [0.25, 0.3) is 0 Å². The smallest absolute Gasteiger partial charge is 0.224 e. The van der Waals surface area contributed by atoms with Crippen LogP contribution in [-0.4, -0.2) is 80.3 Å². The zero-order valence-corrected chi connectivity index (χ0v) is 17.4. The van der Waals surface area contributed by atoms with Gasteiger partial charge in [0.25, 0.3) is 0 Å². The number of nitrogens with zero attached hydrogens (tertiary/aromatic N) is 3. The van der Waals surface area contributed by atoms with Crippen molar-refractivity contribution >= 4 is 23.2 Å². The molecule has 0 aliphatic carbocycles. The molecule has 2 unspecified atom stereocenters. The van der Waals surface area contributed by atoms with E-state index in [1.165, 1.54) is 10.4 Å². The maximum Gasteiger partial charge on any atom is 0.224 e. The van der Waals surface area contributed by atoms with Gasteiger partial charge in [-0.05, 0) is 36.3 Å². The van der Waals surface area contributed by atoms with Gasteiger partial charge in [0.2, 0.25) is 5.91 Å². The third-order valence-electron chi connectivity index (χ3n) is 5.77. The highest BCUT2D eigenvalue weighted by Gasteiger charge is 2.32. The van der Waals surface area contributed by atoms with Crippen LogP contribution < -0.4 is 5.32 Å². The predicted molar refractivity (Wildman–Crippen MR) is 110 cm³/mol. The molecule has 0 spiro atoms. The fourth-order valence-corrected chi connectivity index (χ4v) is 5.11. The van der Waals surface area contributed by atoms with Crippen molar-refractivity contribution in [3.05, 3.63) is 21.9 Å². The summed E-state index contributed by atoms with van der Waals surface area (Å²) in [7, 11) is 1.80. The number of guanidine groups is 1. The molecule has 2 saturated heterocycles. The molecule has 7 nitrogen and oxygen atoms in total. The van der Waals surface area contributed by atoms with Gasteiger partial charge in [-0.15, -0.1) is 11.3 Å². The highest BCUT2D eigenvalue weighted by Crippen LogP contribution is 2.24. The predicted octanol–water partition coefficient (Wildman–Crippen LogP) is 1.48. The second-order valence-electron chi connectivity index (χ2n) is 7.57. The number of fused-ring (bicyclic) bond motifs is 1. The summed E-state index contributed by atoms with van der Waals surface area (Å²) >= 11 is 1.80. The van der Waals surface area contributed by atoms with E-state index in [-0.39, 0.29) is 18.1 Å². The maximum atomic E-state index is 12.6. The van der Waals surface area contributed by atoms with Crippen molar-refractivity contribution < 1.29 is 14.3 Å². The van der Waals surface area contributed by atoms with Gasteiger partial charge < -0.3 is 24.6 Å². The Balaban J connectivity index is 1.23. The first-order chi connectivity index (χ1) is 13.7. The van der Waals surface area contributed by atoms with Crippen LogP contribution in [0.1, 0.15) is 29.7 Å². The highest BCUT2D eigenvalue weighted by molar-refractivity contribution is 7.10. The van der Waals surface area contributed by atoms with Gasteiger partial charge in [-0.3, -0.25) is 9.79 Å². The molecule has 3 aliphatic rings. The summed E-state index contributed by atoms with van der Waals surface area (Å²) in [4.78, 5) is 22.6. The fourth-order valence-electron chi connectivity index (χ4n) is 4.22. The van der Waals surface area contributed by atoms with Gasteiger partial charge in [-0.2, -0.15) is 0 Å². The minimum absolute atomic E-state index is 0.101. The third kappa shape index (κ3) is 4.50. The second kappa shape index (κ2) is 9.24. The quantitative estimate of drug-likeness (QED) is 0.606. The summed E-state index contributed by atoms with van der Waals surface area (Å²) < 4.78 is 11.7. The van der Waals surface area contributed by atoms with Gasteiger partial charge in [0, 0.05) is 57.7 Å². The lowest BCUT2D eigenvalue weighted by molar-refractivity contribution is -0.131. The Morgan fingerprint density at radius 3 is 3.00 bits per heavy atom. The Morgan fingerprint density at radius 2 is 2.18 bits per heavy atom. The Labute approximate surface area is 170 Å². The standard InChI is InChI=1S/C20H30N4O3S/c1-21-20(24-9-11-27-17(14-24)16-3-2-10-26-16)22-7-4-19(25)23-8-5-18-15(13-23)6-12-28-18/h6,12,16-17H,2-5,7-11,13-14H2,1H3,(H,21,22). The Bertz CT molecular complexity index is 701. The Morgan fingerprint density at radius 1 is 1.29 bits per heavy atom. The number of ether oxygens (including phenoxy) is 2. The van der Waals surface area contributed by atoms with Crippen LogP contribution in [-0.2, 0) is 27.2 Å². The van der Waals surface area contributed by atoms with E-state index < -0.39 is 0 Å². The molecule has 0 bridgehead atoms. The van der Waals surface area contributed by atoms with Crippen molar-refractivity contribution in [3.8, 4) is 0 Å².